The van der Waals surface area contributed by atoms with Crippen molar-refractivity contribution in [2.24, 2.45) is 0 Å². The molecule has 0 aromatic rings. The van der Waals surface area contributed by atoms with Gasteiger partial charge in [-0.25, -0.2) is 4.57 Å². The van der Waals surface area contributed by atoms with E-state index in [1.165, 1.54) is 19.3 Å². The summed E-state index contributed by atoms with van der Waals surface area (Å²) in [7, 11) is -4.64. The average Bonchev–Trinajstić information content (AvgIpc) is 1.85. The van der Waals surface area contributed by atoms with Crippen LogP contribution in [0.2, 0.25) is 0 Å². The fourth-order valence-electron chi connectivity index (χ4n) is 0.539. The zero-order valence-corrected chi connectivity index (χ0v) is 8.07. The van der Waals surface area contributed by atoms with E-state index < -0.39 is 7.82 Å². The fourth-order valence-corrected chi connectivity index (χ4v) is 0.539. The Hall–Kier alpha value is 0.0700. The van der Waals surface area contributed by atoms with Crippen LogP contribution in [0.15, 0.2) is 0 Å². The van der Waals surface area contributed by atoms with Gasteiger partial charge in [-0.15, -0.1) is 0 Å². The van der Waals surface area contributed by atoms with E-state index in [1.54, 1.807) is 0 Å². The summed E-state index contributed by atoms with van der Waals surface area (Å²) in [6.45, 7) is 2.53. The molecule has 0 rings (SSSR count). The maximum atomic E-state index is 8.88. The molecule has 0 aliphatic heterocycles. The SMILES string of the molecule is CCCCCCO.O=P(O)(O)O. The molecule has 76 valence electrons. The molecule has 0 aliphatic rings. The molecule has 4 N–H and O–H groups in total. The van der Waals surface area contributed by atoms with Gasteiger partial charge < -0.3 is 19.8 Å². The molecule has 12 heavy (non-hydrogen) atoms. The summed E-state index contributed by atoms with van der Waals surface area (Å²) < 4.78 is 8.88. The lowest BCUT2D eigenvalue weighted by atomic mass is 10.2. The average molecular weight is 200 g/mol. The zero-order chi connectivity index (χ0) is 10.0. The van der Waals surface area contributed by atoms with Gasteiger partial charge in [0.05, 0.1) is 0 Å². The highest BCUT2D eigenvalue weighted by Crippen LogP contribution is 2.25. The van der Waals surface area contributed by atoms with Crippen molar-refractivity contribution in [1.29, 1.82) is 0 Å². The normalized spacial score (nSPS) is 10.4. The summed E-state index contributed by atoms with van der Waals surface area (Å²) in [5.41, 5.74) is 0. The Labute approximate surface area is 72.3 Å². The third-order valence-electron chi connectivity index (χ3n) is 1.01. The van der Waals surface area contributed by atoms with Crippen LogP contribution in [-0.4, -0.2) is 26.4 Å². The Balaban J connectivity index is 0. The van der Waals surface area contributed by atoms with E-state index >= 15 is 0 Å². The Kier molecular flexibility index (Phi) is 11.1. The van der Waals surface area contributed by atoms with Gasteiger partial charge in [-0.2, -0.15) is 0 Å². The van der Waals surface area contributed by atoms with E-state index in [9.17, 15) is 0 Å². The van der Waals surface area contributed by atoms with Crippen molar-refractivity contribution in [3.8, 4) is 0 Å². The van der Waals surface area contributed by atoms with Gasteiger partial charge in [-0.05, 0) is 6.42 Å². The molecular formula is C6H17O5P. The number of phosphoric acid groups is 1. The van der Waals surface area contributed by atoms with Crippen LogP contribution in [0.5, 0.6) is 0 Å². The van der Waals surface area contributed by atoms with Gasteiger partial charge >= 0.3 is 7.82 Å². The first-order valence-electron chi connectivity index (χ1n) is 3.81. The zero-order valence-electron chi connectivity index (χ0n) is 7.18. The van der Waals surface area contributed by atoms with Crippen molar-refractivity contribution in [3.63, 3.8) is 0 Å². The number of hydrogen-bond donors (Lipinski definition) is 4. The molecule has 0 saturated heterocycles. The van der Waals surface area contributed by atoms with Crippen LogP contribution < -0.4 is 0 Å². The monoisotopic (exact) mass is 200 g/mol. The molecule has 0 spiro atoms. The highest BCUT2D eigenvalue weighted by Gasteiger charge is 2.00. The summed E-state index contributed by atoms with van der Waals surface area (Å²) >= 11 is 0. The summed E-state index contributed by atoms with van der Waals surface area (Å²) in [4.78, 5) is 21.6. The molecule has 5 nitrogen and oxygen atoms in total. The largest absolute Gasteiger partial charge is 0.466 e. The van der Waals surface area contributed by atoms with E-state index in [0.29, 0.717) is 6.61 Å². The lowest BCUT2D eigenvalue weighted by Crippen LogP contribution is -1.80. The molecule has 0 aliphatic carbocycles. The van der Waals surface area contributed by atoms with Crippen molar-refractivity contribution in [3.05, 3.63) is 0 Å². The molecule has 0 heterocycles. The second-order valence-electron chi connectivity index (χ2n) is 2.30. The standard InChI is InChI=1S/C6H14O.H3O4P/c1-2-3-4-5-6-7;1-5(2,3)4/h7H,2-6H2,1H3;(H3,1,2,3,4). The quantitative estimate of drug-likeness (QED) is 0.394. The van der Waals surface area contributed by atoms with Crippen LogP contribution in [0.1, 0.15) is 32.6 Å². The van der Waals surface area contributed by atoms with Gasteiger partial charge in [-0.1, -0.05) is 26.2 Å². The molecule has 0 unspecified atom stereocenters. The minimum atomic E-state index is -4.64. The molecule has 0 atom stereocenters. The number of rotatable bonds is 4. The van der Waals surface area contributed by atoms with Crippen molar-refractivity contribution >= 4 is 7.82 Å². The van der Waals surface area contributed by atoms with Gasteiger partial charge in [0.2, 0.25) is 0 Å². The topological polar surface area (TPSA) is 98.0 Å². The third-order valence-corrected chi connectivity index (χ3v) is 1.01. The maximum absolute atomic E-state index is 8.88. The first-order valence-corrected chi connectivity index (χ1v) is 5.37. The molecular weight excluding hydrogens is 183 g/mol. The second-order valence-corrected chi connectivity index (χ2v) is 3.32. The van der Waals surface area contributed by atoms with Crippen LogP contribution in [0.3, 0.4) is 0 Å². The lowest BCUT2D eigenvalue weighted by Gasteiger charge is -1.90. The molecule has 0 bridgehead atoms. The Morgan fingerprint density at radius 1 is 1.08 bits per heavy atom. The van der Waals surface area contributed by atoms with E-state index in [-0.39, 0.29) is 0 Å². The number of unbranched alkanes of at least 4 members (excludes halogenated alkanes) is 3. The first-order chi connectivity index (χ1) is 5.41. The summed E-state index contributed by atoms with van der Waals surface area (Å²) in [5, 5.41) is 8.29. The minimum absolute atomic E-state index is 0.361. The number of aliphatic hydroxyl groups excluding tert-OH is 1. The minimum Gasteiger partial charge on any atom is -0.396 e. The maximum Gasteiger partial charge on any atom is 0.466 e. The van der Waals surface area contributed by atoms with E-state index in [4.69, 9.17) is 24.4 Å². The summed E-state index contributed by atoms with van der Waals surface area (Å²) in [6.07, 6.45) is 4.68. The van der Waals surface area contributed by atoms with Gasteiger partial charge in [0.15, 0.2) is 0 Å². The fraction of sp³-hybridized carbons (Fsp3) is 1.00. The van der Waals surface area contributed by atoms with Crippen LogP contribution in [-0.2, 0) is 4.57 Å². The van der Waals surface area contributed by atoms with Crippen LogP contribution >= 0.6 is 7.82 Å². The van der Waals surface area contributed by atoms with Crippen LogP contribution in [0.25, 0.3) is 0 Å². The van der Waals surface area contributed by atoms with Gasteiger partial charge in [-0.3, -0.25) is 0 Å². The molecule has 0 amide bonds. The van der Waals surface area contributed by atoms with Crippen molar-refractivity contribution in [2.45, 2.75) is 32.6 Å². The lowest BCUT2D eigenvalue weighted by molar-refractivity contribution is 0.275. The van der Waals surface area contributed by atoms with E-state index in [0.717, 1.165) is 6.42 Å². The summed E-state index contributed by atoms with van der Waals surface area (Å²) in [6, 6.07) is 0. The Bertz CT molecular complexity index is 109. The van der Waals surface area contributed by atoms with Crippen molar-refractivity contribution < 1.29 is 24.4 Å². The molecule has 0 saturated carbocycles. The van der Waals surface area contributed by atoms with Gasteiger partial charge in [0.1, 0.15) is 0 Å². The molecule has 0 radical (unpaired) electrons. The third kappa shape index (κ3) is 50.0. The van der Waals surface area contributed by atoms with Crippen molar-refractivity contribution in [1.82, 2.24) is 0 Å². The Morgan fingerprint density at radius 2 is 1.50 bits per heavy atom. The predicted octanol–water partition coefficient (Wildman–Crippen LogP) is 0.630. The molecule has 0 aromatic carbocycles. The van der Waals surface area contributed by atoms with Gasteiger partial charge in [0, 0.05) is 6.61 Å². The van der Waals surface area contributed by atoms with E-state index in [1.807, 2.05) is 0 Å². The number of aliphatic hydroxyl groups is 1. The first kappa shape index (κ1) is 14.6. The van der Waals surface area contributed by atoms with Crippen molar-refractivity contribution in [2.75, 3.05) is 6.61 Å². The Morgan fingerprint density at radius 3 is 1.75 bits per heavy atom. The molecule has 0 aromatic heterocycles. The number of hydrogen-bond acceptors (Lipinski definition) is 2. The highest BCUT2D eigenvalue weighted by atomic mass is 31.2. The second kappa shape index (κ2) is 9.16. The van der Waals surface area contributed by atoms with Crippen LogP contribution in [0.4, 0.5) is 0 Å². The molecule has 0 fully saturated rings. The highest BCUT2D eigenvalue weighted by molar-refractivity contribution is 7.45. The smallest absolute Gasteiger partial charge is 0.396 e. The van der Waals surface area contributed by atoms with Crippen LogP contribution in [0, 0.1) is 0 Å². The van der Waals surface area contributed by atoms with Gasteiger partial charge in [0.25, 0.3) is 0 Å². The molecule has 6 heteroatoms. The van der Waals surface area contributed by atoms with E-state index in [2.05, 4.69) is 6.92 Å². The predicted molar refractivity (Wildman–Crippen MR) is 45.5 cm³/mol. The summed E-state index contributed by atoms with van der Waals surface area (Å²) in [5.74, 6) is 0.